The van der Waals surface area contributed by atoms with Crippen LogP contribution in [0.25, 0.3) is 0 Å². The number of aromatic nitrogens is 3. The van der Waals surface area contributed by atoms with Crippen LogP contribution in [0, 0.1) is 5.82 Å². The lowest BCUT2D eigenvalue weighted by atomic mass is 10.0. The van der Waals surface area contributed by atoms with Gasteiger partial charge in [-0.25, -0.2) is 9.37 Å². The summed E-state index contributed by atoms with van der Waals surface area (Å²) in [6.07, 6.45) is -1.59. The maximum Gasteiger partial charge on any atom is 0.573 e. The van der Waals surface area contributed by atoms with E-state index in [1.807, 2.05) is 0 Å². The number of amides is 1. The van der Waals surface area contributed by atoms with Gasteiger partial charge in [0.25, 0.3) is 11.5 Å². The number of hydrogen-bond donors (Lipinski definition) is 2. The third kappa shape index (κ3) is 5.15. The molecule has 3 rings (SSSR count). The van der Waals surface area contributed by atoms with Gasteiger partial charge in [-0.15, -0.1) is 13.2 Å². The number of H-pyrrole nitrogens is 1. The Balaban J connectivity index is 1.93. The number of halogens is 4. The lowest BCUT2D eigenvalue weighted by molar-refractivity contribution is -0.274. The molecule has 2 aromatic heterocycles. The molecule has 1 amide bonds. The zero-order valence-corrected chi connectivity index (χ0v) is 14.4. The highest BCUT2D eigenvalue weighted by atomic mass is 19.4. The molecule has 29 heavy (non-hydrogen) atoms. The van der Waals surface area contributed by atoms with Gasteiger partial charge in [0.2, 0.25) is 0 Å². The van der Waals surface area contributed by atoms with Crippen molar-refractivity contribution in [3.8, 4) is 5.75 Å². The van der Waals surface area contributed by atoms with Crippen molar-refractivity contribution in [2.24, 2.45) is 0 Å². The van der Waals surface area contributed by atoms with Crippen molar-refractivity contribution in [3.05, 3.63) is 88.1 Å². The third-order valence-electron chi connectivity index (χ3n) is 3.69. The molecular weight excluding hydrogens is 396 g/mol. The average Bonchev–Trinajstić information content (AvgIpc) is 2.67. The predicted molar refractivity (Wildman–Crippen MR) is 91.5 cm³/mol. The Labute approximate surface area is 160 Å². The van der Waals surface area contributed by atoms with Crippen molar-refractivity contribution in [1.29, 1.82) is 0 Å². The van der Waals surface area contributed by atoms with E-state index in [9.17, 15) is 27.2 Å². The molecule has 0 aliphatic heterocycles. The molecule has 0 fully saturated rings. The Morgan fingerprint density at radius 1 is 1.14 bits per heavy atom. The summed E-state index contributed by atoms with van der Waals surface area (Å²) < 4.78 is 55.1. The minimum atomic E-state index is -4.86. The number of hydrogen-bond acceptors (Lipinski definition) is 5. The quantitative estimate of drug-likeness (QED) is 0.633. The van der Waals surface area contributed by atoms with Crippen LogP contribution in [0.15, 0.2) is 59.8 Å². The maximum atomic E-state index is 14.3. The Kier molecular flexibility index (Phi) is 5.57. The fourth-order valence-electron chi connectivity index (χ4n) is 2.45. The maximum absolute atomic E-state index is 14.3. The molecule has 0 radical (unpaired) electrons. The topological polar surface area (TPSA) is 97.0 Å². The normalized spacial score (nSPS) is 12.3. The number of nitrogens with zero attached hydrogens (tertiary/aromatic N) is 2. The molecule has 0 aliphatic rings. The average molecular weight is 408 g/mol. The van der Waals surface area contributed by atoms with Gasteiger partial charge >= 0.3 is 6.36 Å². The summed E-state index contributed by atoms with van der Waals surface area (Å²) in [5.74, 6) is -1.97. The van der Waals surface area contributed by atoms with Gasteiger partial charge in [-0.05, 0) is 29.8 Å². The molecule has 11 heteroatoms. The Morgan fingerprint density at radius 2 is 1.86 bits per heavy atom. The summed E-state index contributed by atoms with van der Waals surface area (Å²) in [7, 11) is 0. The molecular formula is C18H12F4N4O3. The molecule has 2 N–H and O–H groups in total. The second-order valence-electron chi connectivity index (χ2n) is 5.69. The highest BCUT2D eigenvalue weighted by molar-refractivity contribution is 5.92. The number of benzene rings is 1. The van der Waals surface area contributed by atoms with Crippen LogP contribution in [0.2, 0.25) is 0 Å². The van der Waals surface area contributed by atoms with Gasteiger partial charge in [0, 0.05) is 12.4 Å². The molecule has 1 aromatic carbocycles. The number of carbonyl (C=O) groups excluding carboxylic acids is 1. The van der Waals surface area contributed by atoms with Crippen LogP contribution in [0.5, 0.6) is 5.75 Å². The summed E-state index contributed by atoms with van der Waals surface area (Å²) in [4.78, 5) is 33.4. The summed E-state index contributed by atoms with van der Waals surface area (Å²) >= 11 is 0. The highest BCUT2D eigenvalue weighted by Crippen LogP contribution is 2.27. The van der Waals surface area contributed by atoms with Crippen LogP contribution in [0.3, 0.4) is 0 Å². The molecule has 0 bridgehead atoms. The van der Waals surface area contributed by atoms with Crippen LogP contribution < -0.4 is 15.6 Å². The molecule has 0 unspecified atom stereocenters. The number of rotatable bonds is 5. The molecule has 2 heterocycles. The first-order valence-corrected chi connectivity index (χ1v) is 8.04. The van der Waals surface area contributed by atoms with Gasteiger partial charge < -0.3 is 15.0 Å². The minimum absolute atomic E-state index is 0.150. The Morgan fingerprint density at radius 3 is 2.45 bits per heavy atom. The van der Waals surface area contributed by atoms with Gasteiger partial charge in [-0.1, -0.05) is 12.1 Å². The summed E-state index contributed by atoms with van der Waals surface area (Å²) in [6, 6.07) is 5.86. The number of alkyl halides is 3. The second kappa shape index (κ2) is 8.09. The standard InChI is InChI=1S/C18H12F4N4O3/c19-12-2-1-7-23-16(12)15(26-17(28)13-8-25-14(27)9-24-13)10-3-5-11(6-4-10)29-18(20,21)22/h1-9,15H,(H,25,27)(H,26,28)/t15-/m0/s1. The monoisotopic (exact) mass is 408 g/mol. The lowest BCUT2D eigenvalue weighted by Crippen LogP contribution is -2.31. The summed E-state index contributed by atoms with van der Waals surface area (Å²) in [5, 5.41) is 2.50. The van der Waals surface area contributed by atoms with E-state index in [-0.39, 0.29) is 17.0 Å². The number of aromatic amines is 1. The van der Waals surface area contributed by atoms with E-state index >= 15 is 0 Å². The number of nitrogens with one attached hydrogen (secondary N) is 2. The van der Waals surface area contributed by atoms with E-state index in [1.54, 1.807) is 0 Å². The molecule has 0 aliphatic carbocycles. The first-order chi connectivity index (χ1) is 13.7. The van der Waals surface area contributed by atoms with Crippen LogP contribution in [0.1, 0.15) is 27.8 Å². The van der Waals surface area contributed by atoms with Crippen LogP contribution in [-0.4, -0.2) is 27.2 Å². The van der Waals surface area contributed by atoms with Gasteiger partial charge in [0.1, 0.15) is 23.0 Å². The highest BCUT2D eigenvalue weighted by Gasteiger charge is 2.31. The largest absolute Gasteiger partial charge is 0.573 e. The van der Waals surface area contributed by atoms with E-state index < -0.39 is 35.4 Å². The van der Waals surface area contributed by atoms with Gasteiger partial charge in [0.15, 0.2) is 0 Å². The van der Waals surface area contributed by atoms with Crippen molar-refractivity contribution in [1.82, 2.24) is 20.3 Å². The molecule has 3 aromatic rings. The SMILES string of the molecule is O=C(N[C@@H](c1ccc(OC(F)(F)F)cc1)c1ncccc1F)c1c[nH]c(=O)cn1. The van der Waals surface area contributed by atoms with E-state index in [4.69, 9.17) is 0 Å². The lowest BCUT2D eigenvalue weighted by Gasteiger charge is -2.19. The van der Waals surface area contributed by atoms with E-state index in [2.05, 4.69) is 25.0 Å². The smallest absolute Gasteiger partial charge is 0.406 e. The van der Waals surface area contributed by atoms with Crippen molar-refractivity contribution >= 4 is 5.91 Å². The van der Waals surface area contributed by atoms with Crippen molar-refractivity contribution in [2.75, 3.05) is 0 Å². The number of ether oxygens (including phenoxy) is 1. The Bertz CT molecular complexity index is 1050. The first-order valence-electron chi connectivity index (χ1n) is 8.04. The van der Waals surface area contributed by atoms with E-state index in [0.717, 1.165) is 30.6 Å². The van der Waals surface area contributed by atoms with Crippen LogP contribution in [-0.2, 0) is 0 Å². The van der Waals surface area contributed by atoms with Gasteiger partial charge in [-0.3, -0.25) is 14.6 Å². The molecule has 0 spiro atoms. The zero-order valence-electron chi connectivity index (χ0n) is 14.4. The van der Waals surface area contributed by atoms with Crippen molar-refractivity contribution in [2.45, 2.75) is 12.4 Å². The van der Waals surface area contributed by atoms with Crippen LogP contribution >= 0.6 is 0 Å². The Hall–Kier alpha value is -3.76. The fourth-order valence-corrected chi connectivity index (χ4v) is 2.45. The van der Waals surface area contributed by atoms with E-state index in [0.29, 0.717) is 0 Å². The number of carbonyl (C=O) groups is 1. The van der Waals surface area contributed by atoms with Crippen LogP contribution in [0.4, 0.5) is 17.6 Å². The van der Waals surface area contributed by atoms with Crippen molar-refractivity contribution < 1.29 is 27.1 Å². The summed E-state index contributed by atoms with van der Waals surface area (Å²) in [5.41, 5.74) is -0.582. The minimum Gasteiger partial charge on any atom is -0.406 e. The molecule has 7 nitrogen and oxygen atoms in total. The fraction of sp³-hybridized carbons (Fsp3) is 0.111. The molecule has 0 saturated heterocycles. The number of pyridine rings is 1. The van der Waals surface area contributed by atoms with E-state index in [1.165, 1.54) is 24.4 Å². The summed E-state index contributed by atoms with van der Waals surface area (Å²) in [6.45, 7) is 0. The molecule has 1 atom stereocenters. The third-order valence-corrected chi connectivity index (χ3v) is 3.69. The van der Waals surface area contributed by atoms with Gasteiger partial charge in [-0.2, -0.15) is 0 Å². The molecule has 0 saturated carbocycles. The molecule has 150 valence electrons. The van der Waals surface area contributed by atoms with Gasteiger partial charge in [0.05, 0.1) is 12.2 Å². The predicted octanol–water partition coefficient (Wildman–Crippen LogP) is 2.72. The van der Waals surface area contributed by atoms with Crippen molar-refractivity contribution in [3.63, 3.8) is 0 Å². The zero-order chi connectivity index (χ0) is 21.0. The first kappa shape index (κ1) is 20.0. The second-order valence-corrected chi connectivity index (χ2v) is 5.69.